The van der Waals surface area contributed by atoms with Crippen LogP contribution in [0.1, 0.15) is 31.7 Å². The molecule has 0 saturated carbocycles. The van der Waals surface area contributed by atoms with Crippen LogP contribution in [0.25, 0.3) is 0 Å². The summed E-state index contributed by atoms with van der Waals surface area (Å²) in [6.07, 6.45) is 1.70. The Kier molecular flexibility index (Phi) is 6.81. The van der Waals surface area contributed by atoms with Gasteiger partial charge in [-0.1, -0.05) is 24.3 Å². The molecule has 7 nitrogen and oxygen atoms in total. The normalized spacial score (nSPS) is 25.6. The van der Waals surface area contributed by atoms with E-state index in [-0.39, 0.29) is 6.42 Å². The van der Waals surface area contributed by atoms with Crippen LogP contribution in [0.15, 0.2) is 48.5 Å². The molecule has 2 aromatic carbocycles. The highest BCUT2D eigenvalue weighted by atomic mass is 16.5. The van der Waals surface area contributed by atoms with Crippen molar-refractivity contribution in [3.8, 4) is 11.5 Å². The van der Waals surface area contributed by atoms with Crippen molar-refractivity contribution in [2.24, 2.45) is 0 Å². The topological polar surface area (TPSA) is 82.5 Å². The highest BCUT2D eigenvalue weighted by Crippen LogP contribution is 2.42. The fourth-order valence-corrected chi connectivity index (χ4v) is 4.96. The smallest absolute Gasteiger partial charge is 0.351 e. The van der Waals surface area contributed by atoms with Gasteiger partial charge in [-0.15, -0.1) is 0 Å². The minimum Gasteiger partial charge on any atom is -0.497 e. The van der Waals surface area contributed by atoms with Gasteiger partial charge in [0.25, 0.3) is 0 Å². The lowest BCUT2D eigenvalue weighted by atomic mass is 9.77. The van der Waals surface area contributed by atoms with E-state index in [0.29, 0.717) is 30.8 Å². The maximum Gasteiger partial charge on any atom is 0.351 e. The average molecular weight is 455 g/mol. The van der Waals surface area contributed by atoms with Gasteiger partial charge in [0.1, 0.15) is 17.1 Å². The van der Waals surface area contributed by atoms with Crippen molar-refractivity contribution in [3.63, 3.8) is 0 Å². The number of benzene rings is 2. The van der Waals surface area contributed by atoms with Crippen LogP contribution in [-0.2, 0) is 11.2 Å². The standard InChI is InChI=1S/C26H34N2O5/c1-25(31)13-11-20-9-10-22(32-2)19-23(20)33-26(25,24(29)30)12-6-14-27-15-17-28(18-16-27)21-7-4-3-5-8-21/h3-5,7-10,19,31H,6,11-18H2,1-2H3,(H,29,30). The SMILES string of the molecule is COc1ccc2c(c1)OC(CCCN1CCN(c3ccccc3)CC1)(C(=O)O)C(C)(O)CC2. The van der Waals surface area contributed by atoms with E-state index in [2.05, 4.69) is 34.1 Å². The van der Waals surface area contributed by atoms with Crippen molar-refractivity contribution in [3.05, 3.63) is 54.1 Å². The number of hydrogen-bond donors (Lipinski definition) is 2. The fourth-order valence-electron chi connectivity index (χ4n) is 4.96. The van der Waals surface area contributed by atoms with Gasteiger partial charge >= 0.3 is 5.97 Å². The van der Waals surface area contributed by atoms with Crippen molar-refractivity contribution in [2.45, 2.75) is 43.8 Å². The first-order valence-electron chi connectivity index (χ1n) is 11.7. The largest absolute Gasteiger partial charge is 0.497 e. The van der Waals surface area contributed by atoms with E-state index in [9.17, 15) is 15.0 Å². The van der Waals surface area contributed by atoms with Gasteiger partial charge in [0.05, 0.1) is 7.11 Å². The lowest BCUT2D eigenvalue weighted by molar-refractivity contribution is -0.184. The molecule has 2 heterocycles. The summed E-state index contributed by atoms with van der Waals surface area (Å²) in [7, 11) is 1.57. The first-order chi connectivity index (χ1) is 15.8. The van der Waals surface area contributed by atoms with Crippen LogP contribution in [0.3, 0.4) is 0 Å². The number of piperazine rings is 1. The second kappa shape index (κ2) is 9.61. The number of carboxylic acids is 1. The second-order valence-electron chi connectivity index (χ2n) is 9.25. The molecule has 1 fully saturated rings. The van der Waals surface area contributed by atoms with Crippen molar-refractivity contribution in [1.29, 1.82) is 0 Å². The van der Waals surface area contributed by atoms with Gasteiger partial charge in [0, 0.05) is 44.4 Å². The number of nitrogens with zero attached hydrogens (tertiary/aromatic N) is 2. The number of para-hydroxylation sites is 1. The maximum atomic E-state index is 12.6. The Morgan fingerprint density at radius 1 is 1.12 bits per heavy atom. The van der Waals surface area contributed by atoms with Crippen molar-refractivity contribution in [1.82, 2.24) is 4.90 Å². The minimum atomic E-state index is -1.71. The molecule has 2 aromatic rings. The number of rotatable bonds is 7. The van der Waals surface area contributed by atoms with Crippen molar-refractivity contribution < 1.29 is 24.5 Å². The van der Waals surface area contributed by atoms with Crippen molar-refractivity contribution >= 4 is 11.7 Å². The summed E-state index contributed by atoms with van der Waals surface area (Å²) in [6, 6.07) is 15.8. The quantitative estimate of drug-likeness (QED) is 0.665. The molecule has 2 atom stereocenters. The monoisotopic (exact) mass is 454 g/mol. The molecule has 1 saturated heterocycles. The van der Waals surface area contributed by atoms with E-state index in [1.807, 2.05) is 18.2 Å². The Morgan fingerprint density at radius 2 is 1.85 bits per heavy atom. The Hall–Kier alpha value is -2.77. The molecule has 0 spiro atoms. The number of carboxylic acid groups (broad SMARTS) is 1. The van der Waals surface area contributed by atoms with E-state index >= 15 is 0 Å². The third kappa shape index (κ3) is 4.80. The third-order valence-corrected chi connectivity index (χ3v) is 7.15. The predicted molar refractivity (Wildman–Crippen MR) is 127 cm³/mol. The average Bonchev–Trinajstić information content (AvgIpc) is 2.94. The van der Waals surface area contributed by atoms with Crippen LogP contribution in [0.2, 0.25) is 0 Å². The molecule has 0 aliphatic carbocycles. The van der Waals surface area contributed by atoms with E-state index < -0.39 is 17.2 Å². The number of aliphatic hydroxyl groups is 1. The number of aliphatic carboxylic acids is 1. The van der Waals surface area contributed by atoms with Crippen LogP contribution >= 0.6 is 0 Å². The summed E-state index contributed by atoms with van der Waals surface area (Å²) >= 11 is 0. The number of aryl methyl sites for hydroxylation is 1. The Labute approximate surface area is 195 Å². The predicted octanol–water partition coefficient (Wildman–Crippen LogP) is 3.20. The van der Waals surface area contributed by atoms with E-state index in [1.165, 1.54) is 5.69 Å². The number of fused-ring (bicyclic) bond motifs is 1. The van der Waals surface area contributed by atoms with Crippen LogP contribution in [0, 0.1) is 0 Å². The van der Waals surface area contributed by atoms with E-state index in [0.717, 1.165) is 38.3 Å². The van der Waals surface area contributed by atoms with Gasteiger partial charge in [-0.05, 0) is 56.5 Å². The second-order valence-corrected chi connectivity index (χ2v) is 9.25. The molecule has 2 unspecified atom stereocenters. The van der Waals surface area contributed by atoms with Crippen molar-refractivity contribution in [2.75, 3.05) is 44.7 Å². The zero-order valence-electron chi connectivity index (χ0n) is 19.5. The van der Waals surface area contributed by atoms with Gasteiger partial charge in [-0.2, -0.15) is 0 Å². The van der Waals surface area contributed by atoms with Gasteiger partial charge in [0.15, 0.2) is 0 Å². The molecular weight excluding hydrogens is 420 g/mol. The van der Waals surface area contributed by atoms with Gasteiger partial charge in [-0.25, -0.2) is 4.79 Å². The molecule has 0 amide bonds. The number of methoxy groups -OCH3 is 1. The fraction of sp³-hybridized carbons (Fsp3) is 0.500. The van der Waals surface area contributed by atoms with Gasteiger partial charge in [0.2, 0.25) is 5.60 Å². The molecule has 0 aromatic heterocycles. The summed E-state index contributed by atoms with van der Waals surface area (Å²) in [5, 5.41) is 21.5. The number of hydrogen-bond acceptors (Lipinski definition) is 6. The molecule has 4 rings (SSSR count). The molecule has 2 aliphatic heterocycles. The first kappa shape index (κ1) is 23.4. The summed E-state index contributed by atoms with van der Waals surface area (Å²) < 4.78 is 11.5. The summed E-state index contributed by atoms with van der Waals surface area (Å²) in [5.41, 5.74) is -1.09. The third-order valence-electron chi connectivity index (χ3n) is 7.15. The lowest BCUT2D eigenvalue weighted by Gasteiger charge is -2.41. The van der Waals surface area contributed by atoms with Crippen LogP contribution in [-0.4, -0.2) is 72.1 Å². The van der Waals surface area contributed by atoms with Crippen LogP contribution in [0.5, 0.6) is 11.5 Å². The van der Waals surface area contributed by atoms with E-state index in [1.54, 1.807) is 20.1 Å². The highest BCUT2D eigenvalue weighted by molar-refractivity contribution is 5.80. The number of carbonyl (C=O) groups is 1. The molecule has 33 heavy (non-hydrogen) atoms. The molecule has 0 bridgehead atoms. The lowest BCUT2D eigenvalue weighted by Crippen LogP contribution is -2.61. The van der Waals surface area contributed by atoms with Gasteiger partial charge in [-0.3, -0.25) is 4.90 Å². The van der Waals surface area contributed by atoms with Crippen LogP contribution < -0.4 is 14.4 Å². The van der Waals surface area contributed by atoms with E-state index in [4.69, 9.17) is 9.47 Å². The highest BCUT2D eigenvalue weighted by Gasteiger charge is 2.56. The summed E-state index contributed by atoms with van der Waals surface area (Å²) in [6.45, 7) is 6.08. The zero-order valence-corrected chi connectivity index (χ0v) is 19.5. The Bertz CT molecular complexity index is 956. The molecule has 2 N–H and O–H groups in total. The Balaban J connectivity index is 1.42. The molecule has 0 radical (unpaired) electrons. The summed E-state index contributed by atoms with van der Waals surface area (Å²) in [4.78, 5) is 17.3. The van der Waals surface area contributed by atoms with Gasteiger partial charge < -0.3 is 24.6 Å². The summed E-state index contributed by atoms with van der Waals surface area (Å²) in [5.74, 6) is -0.0473. The molecule has 7 heteroatoms. The maximum absolute atomic E-state index is 12.6. The number of anilines is 1. The van der Waals surface area contributed by atoms with Crippen LogP contribution in [0.4, 0.5) is 5.69 Å². The first-order valence-corrected chi connectivity index (χ1v) is 11.7. The Morgan fingerprint density at radius 3 is 2.52 bits per heavy atom. The minimum absolute atomic E-state index is 0.227. The number of ether oxygens (including phenoxy) is 2. The molecular formula is C26H34N2O5. The molecule has 2 aliphatic rings. The molecule has 178 valence electrons. The zero-order chi connectivity index (χ0) is 23.5.